The molecule has 124 valence electrons. The number of aliphatic hydroxyl groups excluding tert-OH is 2. The summed E-state index contributed by atoms with van der Waals surface area (Å²) in [5, 5.41) is 22.9. The second kappa shape index (κ2) is 6.47. The Morgan fingerprint density at radius 1 is 1.26 bits per heavy atom. The molecule has 0 amide bonds. The van der Waals surface area contributed by atoms with E-state index in [9.17, 15) is 10.2 Å². The average Bonchev–Trinajstić information content (AvgIpc) is 2.72. The summed E-state index contributed by atoms with van der Waals surface area (Å²) in [5.74, 6) is 0. The number of nitrogens with zero attached hydrogens (tertiary/aromatic N) is 4. The lowest BCUT2D eigenvalue weighted by Gasteiger charge is -2.32. The highest BCUT2D eigenvalue weighted by Gasteiger charge is 2.51. The van der Waals surface area contributed by atoms with Gasteiger partial charge in [0.25, 0.3) is 0 Å². The van der Waals surface area contributed by atoms with Gasteiger partial charge in [-0.15, -0.1) is 0 Å². The first kappa shape index (κ1) is 17.7. The number of azide groups is 1. The fraction of sp³-hybridized carbons (Fsp3) is 0.643. The Balaban J connectivity index is 2.10. The van der Waals surface area contributed by atoms with Crippen LogP contribution in [0.15, 0.2) is 23.4 Å². The monoisotopic (exact) mass is 320 g/mol. The van der Waals surface area contributed by atoms with Crippen LogP contribution in [0.2, 0.25) is 0 Å². The molecule has 2 unspecified atom stereocenters. The normalized spacial score (nSPS) is 21.6. The number of rotatable bonds is 5. The van der Waals surface area contributed by atoms with Gasteiger partial charge in [-0.3, -0.25) is 4.98 Å². The summed E-state index contributed by atoms with van der Waals surface area (Å²) in [6.07, 6.45) is -0.894. The molecule has 1 fully saturated rings. The van der Waals surface area contributed by atoms with Crippen LogP contribution in [0.5, 0.6) is 0 Å². The number of pyridine rings is 1. The Morgan fingerprint density at radius 2 is 1.87 bits per heavy atom. The number of hydrogen-bond acceptors (Lipinski definition) is 6. The van der Waals surface area contributed by atoms with E-state index in [4.69, 9.17) is 14.8 Å². The van der Waals surface area contributed by atoms with Crippen LogP contribution in [-0.2, 0) is 9.31 Å². The predicted molar refractivity (Wildman–Crippen MR) is 84.9 cm³/mol. The largest absolute Gasteiger partial charge is 0.496 e. The van der Waals surface area contributed by atoms with Gasteiger partial charge in [0.15, 0.2) is 0 Å². The summed E-state index contributed by atoms with van der Waals surface area (Å²) < 4.78 is 11.8. The molecule has 0 aromatic carbocycles. The van der Waals surface area contributed by atoms with E-state index in [0.717, 1.165) is 5.46 Å². The molecular weight excluding hydrogens is 299 g/mol. The highest BCUT2D eigenvalue weighted by Crippen LogP contribution is 2.36. The molecule has 2 heterocycles. The molecule has 1 saturated heterocycles. The topological polar surface area (TPSA) is 121 Å². The maximum Gasteiger partial charge on any atom is 0.496 e. The third kappa shape index (κ3) is 3.65. The van der Waals surface area contributed by atoms with Crippen LogP contribution in [0, 0.1) is 0 Å². The average molecular weight is 320 g/mol. The minimum absolute atomic E-state index is 0.224. The van der Waals surface area contributed by atoms with Crippen LogP contribution >= 0.6 is 0 Å². The highest BCUT2D eigenvalue weighted by molar-refractivity contribution is 6.62. The van der Waals surface area contributed by atoms with Crippen LogP contribution in [0.3, 0.4) is 0 Å². The lowest BCUT2D eigenvalue weighted by atomic mass is 9.80. The fourth-order valence-electron chi connectivity index (χ4n) is 2.13. The third-order valence-electron chi connectivity index (χ3n) is 4.33. The quantitative estimate of drug-likeness (QED) is 0.364. The third-order valence-corrected chi connectivity index (χ3v) is 4.33. The van der Waals surface area contributed by atoms with Gasteiger partial charge < -0.3 is 19.5 Å². The maximum absolute atomic E-state index is 9.98. The lowest BCUT2D eigenvalue weighted by molar-refractivity contribution is 0.00578. The first-order valence-corrected chi connectivity index (χ1v) is 7.36. The van der Waals surface area contributed by atoms with Crippen LogP contribution < -0.4 is 5.46 Å². The second-order valence-electron chi connectivity index (χ2n) is 6.53. The van der Waals surface area contributed by atoms with E-state index in [2.05, 4.69) is 15.0 Å². The van der Waals surface area contributed by atoms with Crippen molar-refractivity contribution in [3.63, 3.8) is 0 Å². The summed E-state index contributed by atoms with van der Waals surface area (Å²) in [6.45, 7) is 7.63. The van der Waals surface area contributed by atoms with E-state index >= 15 is 0 Å². The van der Waals surface area contributed by atoms with Gasteiger partial charge in [-0.25, -0.2) is 0 Å². The van der Waals surface area contributed by atoms with E-state index in [1.165, 1.54) is 0 Å². The van der Waals surface area contributed by atoms with Crippen LogP contribution in [0.4, 0.5) is 0 Å². The zero-order valence-electron chi connectivity index (χ0n) is 13.7. The van der Waals surface area contributed by atoms with Gasteiger partial charge in [-0.1, -0.05) is 11.2 Å². The Bertz CT molecular complexity index is 585. The van der Waals surface area contributed by atoms with Crippen LogP contribution in [0.25, 0.3) is 10.4 Å². The Morgan fingerprint density at radius 3 is 2.35 bits per heavy atom. The van der Waals surface area contributed by atoms with Crippen molar-refractivity contribution in [2.24, 2.45) is 5.11 Å². The molecule has 8 nitrogen and oxygen atoms in total. The van der Waals surface area contributed by atoms with Crippen molar-refractivity contribution in [1.29, 1.82) is 0 Å². The van der Waals surface area contributed by atoms with Crippen molar-refractivity contribution < 1.29 is 19.5 Å². The fourth-order valence-corrected chi connectivity index (χ4v) is 2.13. The van der Waals surface area contributed by atoms with Crippen molar-refractivity contribution in [2.75, 3.05) is 6.54 Å². The summed E-state index contributed by atoms with van der Waals surface area (Å²) in [4.78, 5) is 6.69. The van der Waals surface area contributed by atoms with Crippen molar-refractivity contribution in [3.8, 4) is 0 Å². The molecule has 1 aliphatic rings. The van der Waals surface area contributed by atoms with Crippen molar-refractivity contribution >= 4 is 12.6 Å². The molecule has 2 N–H and O–H groups in total. The van der Waals surface area contributed by atoms with E-state index in [1.54, 1.807) is 18.3 Å². The lowest BCUT2D eigenvalue weighted by Crippen LogP contribution is -2.41. The number of aromatic nitrogens is 1. The van der Waals surface area contributed by atoms with E-state index < -0.39 is 30.5 Å². The molecule has 0 saturated carbocycles. The molecule has 1 aromatic heterocycles. The van der Waals surface area contributed by atoms with E-state index in [0.29, 0.717) is 0 Å². The first-order chi connectivity index (χ1) is 10.7. The SMILES string of the molecule is CC1(C)OB(c2ccc(C(O)C(O)CN=[N+]=[N-])nc2)OC1(C)C. The molecule has 0 radical (unpaired) electrons. The molecule has 2 atom stereocenters. The zero-order chi connectivity index (χ0) is 17.3. The van der Waals surface area contributed by atoms with Gasteiger partial charge in [0.2, 0.25) is 0 Å². The standard InChI is InChI=1S/C14H21BN4O4/c1-13(2)14(3,4)23-15(22-13)9-5-6-10(17-7-9)12(21)11(20)8-18-19-16/h5-7,11-12,20-21H,8H2,1-4H3. The maximum atomic E-state index is 9.98. The molecule has 1 aliphatic heterocycles. The summed E-state index contributed by atoms with van der Waals surface area (Å²) in [7, 11) is -0.535. The summed E-state index contributed by atoms with van der Waals surface area (Å²) >= 11 is 0. The van der Waals surface area contributed by atoms with Gasteiger partial charge >= 0.3 is 7.12 Å². The number of aliphatic hydroxyl groups is 2. The smallest absolute Gasteiger partial charge is 0.399 e. The minimum Gasteiger partial charge on any atom is -0.399 e. The Kier molecular flexibility index (Phi) is 4.98. The van der Waals surface area contributed by atoms with Crippen molar-refractivity contribution in [1.82, 2.24) is 4.98 Å². The molecule has 1 aromatic rings. The molecule has 23 heavy (non-hydrogen) atoms. The van der Waals surface area contributed by atoms with Gasteiger partial charge in [-0.2, -0.15) is 0 Å². The van der Waals surface area contributed by atoms with Gasteiger partial charge in [0, 0.05) is 16.6 Å². The zero-order valence-corrected chi connectivity index (χ0v) is 13.7. The molecule has 2 rings (SSSR count). The highest BCUT2D eigenvalue weighted by atomic mass is 16.7. The van der Waals surface area contributed by atoms with Gasteiger partial charge in [0.1, 0.15) is 6.10 Å². The van der Waals surface area contributed by atoms with Crippen molar-refractivity contribution in [3.05, 3.63) is 34.5 Å². The number of hydrogen-bond donors (Lipinski definition) is 2. The summed E-state index contributed by atoms with van der Waals surface area (Å²) in [6, 6.07) is 3.32. The predicted octanol–water partition coefficient (Wildman–Crippen LogP) is 1.09. The first-order valence-electron chi connectivity index (χ1n) is 7.36. The Hall–Kier alpha value is -1.64. The van der Waals surface area contributed by atoms with Crippen LogP contribution in [-0.4, -0.2) is 46.2 Å². The van der Waals surface area contributed by atoms with Gasteiger partial charge in [-0.05, 0) is 39.3 Å². The molecule has 0 bridgehead atoms. The summed E-state index contributed by atoms with van der Waals surface area (Å²) in [5.41, 5.74) is 8.36. The van der Waals surface area contributed by atoms with Gasteiger partial charge in [0.05, 0.1) is 29.5 Å². The second-order valence-corrected chi connectivity index (χ2v) is 6.53. The Labute approximate surface area is 135 Å². The molecular formula is C14H21BN4O4. The molecule has 9 heteroatoms. The van der Waals surface area contributed by atoms with E-state index in [1.807, 2.05) is 27.7 Å². The minimum atomic E-state index is -1.23. The van der Waals surface area contributed by atoms with E-state index in [-0.39, 0.29) is 12.2 Å². The van der Waals surface area contributed by atoms with Crippen LogP contribution in [0.1, 0.15) is 39.5 Å². The van der Waals surface area contributed by atoms with Crippen molar-refractivity contribution in [2.45, 2.75) is 51.1 Å². The molecule has 0 spiro atoms. The molecule has 0 aliphatic carbocycles.